The van der Waals surface area contributed by atoms with Gasteiger partial charge in [0.05, 0.1) is 0 Å². The zero-order valence-electron chi connectivity index (χ0n) is 11.1. The third kappa shape index (κ3) is 3.98. The minimum absolute atomic E-state index is 0.0521. The maximum atomic E-state index is 11.8. The molecular formula is C15H17N3O2. The van der Waals surface area contributed by atoms with E-state index in [0.29, 0.717) is 30.8 Å². The third-order valence-corrected chi connectivity index (χ3v) is 2.87. The molecule has 1 amide bonds. The molecule has 1 aromatic heterocycles. The van der Waals surface area contributed by atoms with Gasteiger partial charge in [0.1, 0.15) is 0 Å². The number of benzene rings is 1. The molecule has 0 aliphatic rings. The molecule has 0 saturated carbocycles. The fourth-order valence-corrected chi connectivity index (χ4v) is 1.90. The SMILES string of the molecule is Nc1cccc(NC(=O)CCCn2ccccc2=O)c1. The summed E-state index contributed by atoms with van der Waals surface area (Å²) in [7, 11) is 0. The first-order valence-electron chi connectivity index (χ1n) is 6.46. The highest BCUT2D eigenvalue weighted by molar-refractivity contribution is 5.91. The van der Waals surface area contributed by atoms with Crippen molar-refractivity contribution in [3.63, 3.8) is 0 Å². The van der Waals surface area contributed by atoms with Crippen LogP contribution in [0, 0.1) is 0 Å². The molecule has 0 aliphatic heterocycles. The molecule has 0 bridgehead atoms. The van der Waals surface area contributed by atoms with Gasteiger partial charge in [0, 0.05) is 36.6 Å². The Kier molecular flexibility index (Phi) is 4.55. The van der Waals surface area contributed by atoms with Crippen LogP contribution in [0.1, 0.15) is 12.8 Å². The number of aryl methyl sites for hydroxylation is 1. The van der Waals surface area contributed by atoms with Gasteiger partial charge in [0.15, 0.2) is 0 Å². The van der Waals surface area contributed by atoms with Crippen molar-refractivity contribution in [1.82, 2.24) is 4.57 Å². The Morgan fingerprint density at radius 1 is 1.20 bits per heavy atom. The van der Waals surface area contributed by atoms with Crippen molar-refractivity contribution in [1.29, 1.82) is 0 Å². The molecule has 5 heteroatoms. The van der Waals surface area contributed by atoms with Crippen LogP contribution in [0.15, 0.2) is 53.5 Å². The van der Waals surface area contributed by atoms with E-state index in [1.165, 1.54) is 6.07 Å². The standard InChI is InChI=1S/C15H17N3O2/c16-12-5-3-6-13(11-12)17-14(19)7-4-10-18-9-2-1-8-15(18)20/h1-3,5-6,8-9,11H,4,7,10,16H2,(H,17,19). The van der Waals surface area contributed by atoms with Gasteiger partial charge in [0.25, 0.3) is 0 Å². The second kappa shape index (κ2) is 6.56. The van der Waals surface area contributed by atoms with E-state index >= 15 is 0 Å². The average molecular weight is 271 g/mol. The van der Waals surface area contributed by atoms with E-state index < -0.39 is 0 Å². The van der Waals surface area contributed by atoms with Crippen molar-refractivity contribution >= 4 is 17.3 Å². The second-order valence-electron chi connectivity index (χ2n) is 4.51. The average Bonchev–Trinajstić information content (AvgIpc) is 2.41. The zero-order valence-corrected chi connectivity index (χ0v) is 11.1. The van der Waals surface area contributed by atoms with E-state index in [2.05, 4.69) is 5.32 Å². The summed E-state index contributed by atoms with van der Waals surface area (Å²) in [6, 6.07) is 12.0. The molecule has 0 fully saturated rings. The van der Waals surface area contributed by atoms with Crippen LogP contribution in [0.5, 0.6) is 0 Å². The van der Waals surface area contributed by atoms with Gasteiger partial charge < -0.3 is 15.6 Å². The van der Waals surface area contributed by atoms with Gasteiger partial charge in [-0.05, 0) is 30.7 Å². The van der Waals surface area contributed by atoms with Gasteiger partial charge in [-0.2, -0.15) is 0 Å². The molecule has 3 N–H and O–H groups in total. The van der Waals surface area contributed by atoms with Crippen molar-refractivity contribution in [2.75, 3.05) is 11.1 Å². The molecule has 0 radical (unpaired) electrons. The lowest BCUT2D eigenvalue weighted by Gasteiger charge is -2.07. The minimum atomic E-state index is -0.0837. The van der Waals surface area contributed by atoms with Crippen LogP contribution in [0.25, 0.3) is 0 Å². The highest BCUT2D eigenvalue weighted by Crippen LogP contribution is 2.12. The number of pyridine rings is 1. The van der Waals surface area contributed by atoms with Gasteiger partial charge >= 0.3 is 0 Å². The summed E-state index contributed by atoms with van der Waals surface area (Å²) in [5.74, 6) is -0.0837. The van der Waals surface area contributed by atoms with Crippen LogP contribution in [0.4, 0.5) is 11.4 Å². The Morgan fingerprint density at radius 3 is 2.80 bits per heavy atom. The predicted octanol–water partition coefficient (Wildman–Crippen LogP) is 1.85. The number of nitrogen functional groups attached to an aromatic ring is 1. The number of aromatic nitrogens is 1. The maximum absolute atomic E-state index is 11.8. The van der Waals surface area contributed by atoms with E-state index in [9.17, 15) is 9.59 Å². The molecule has 2 aromatic rings. The number of carbonyl (C=O) groups is 1. The number of amides is 1. The lowest BCUT2D eigenvalue weighted by atomic mass is 10.2. The van der Waals surface area contributed by atoms with E-state index in [4.69, 9.17) is 5.73 Å². The van der Waals surface area contributed by atoms with E-state index in [1.54, 1.807) is 47.2 Å². The fraction of sp³-hybridized carbons (Fsp3) is 0.200. The van der Waals surface area contributed by atoms with Crippen molar-refractivity contribution in [2.24, 2.45) is 0 Å². The van der Waals surface area contributed by atoms with Crippen molar-refractivity contribution in [2.45, 2.75) is 19.4 Å². The number of anilines is 2. The van der Waals surface area contributed by atoms with Crippen LogP contribution in [-0.4, -0.2) is 10.5 Å². The summed E-state index contributed by atoms with van der Waals surface area (Å²) < 4.78 is 1.59. The minimum Gasteiger partial charge on any atom is -0.399 e. The highest BCUT2D eigenvalue weighted by Gasteiger charge is 2.03. The molecule has 0 unspecified atom stereocenters. The quantitative estimate of drug-likeness (QED) is 0.815. The summed E-state index contributed by atoms with van der Waals surface area (Å²) in [6.07, 6.45) is 2.69. The lowest BCUT2D eigenvalue weighted by Crippen LogP contribution is -2.19. The summed E-state index contributed by atoms with van der Waals surface area (Å²) in [5, 5.41) is 2.78. The highest BCUT2D eigenvalue weighted by atomic mass is 16.1. The second-order valence-corrected chi connectivity index (χ2v) is 4.51. The third-order valence-electron chi connectivity index (χ3n) is 2.87. The first-order valence-corrected chi connectivity index (χ1v) is 6.46. The van der Waals surface area contributed by atoms with Gasteiger partial charge in [-0.1, -0.05) is 12.1 Å². The normalized spacial score (nSPS) is 10.2. The Bertz CT molecular complexity index is 649. The van der Waals surface area contributed by atoms with Crippen molar-refractivity contribution in [3.8, 4) is 0 Å². The number of nitrogens with zero attached hydrogens (tertiary/aromatic N) is 1. The number of hydrogen-bond acceptors (Lipinski definition) is 3. The Labute approximate surface area is 117 Å². The molecule has 5 nitrogen and oxygen atoms in total. The van der Waals surface area contributed by atoms with Gasteiger partial charge in [-0.3, -0.25) is 9.59 Å². The summed E-state index contributed by atoms with van der Waals surface area (Å²) in [5.41, 5.74) is 6.88. The maximum Gasteiger partial charge on any atom is 0.250 e. The van der Waals surface area contributed by atoms with Gasteiger partial charge in [-0.25, -0.2) is 0 Å². The Morgan fingerprint density at radius 2 is 2.05 bits per heavy atom. The van der Waals surface area contributed by atoms with Crippen molar-refractivity contribution in [3.05, 3.63) is 59.0 Å². The first kappa shape index (κ1) is 13.9. The molecule has 104 valence electrons. The van der Waals surface area contributed by atoms with E-state index in [1.807, 2.05) is 0 Å². The zero-order chi connectivity index (χ0) is 14.4. The van der Waals surface area contributed by atoms with Crippen LogP contribution in [-0.2, 0) is 11.3 Å². The smallest absolute Gasteiger partial charge is 0.250 e. The van der Waals surface area contributed by atoms with Crippen molar-refractivity contribution < 1.29 is 4.79 Å². The molecule has 20 heavy (non-hydrogen) atoms. The van der Waals surface area contributed by atoms with Gasteiger partial charge in [-0.15, -0.1) is 0 Å². The molecule has 1 heterocycles. The number of hydrogen-bond donors (Lipinski definition) is 2. The molecule has 0 aliphatic carbocycles. The van der Waals surface area contributed by atoms with E-state index in [0.717, 1.165) is 0 Å². The summed E-state index contributed by atoms with van der Waals surface area (Å²) in [4.78, 5) is 23.2. The molecule has 0 spiro atoms. The van der Waals surface area contributed by atoms with Crippen LogP contribution < -0.4 is 16.6 Å². The number of nitrogens with one attached hydrogen (secondary N) is 1. The summed E-state index contributed by atoms with van der Waals surface area (Å²) >= 11 is 0. The van der Waals surface area contributed by atoms with Crippen LogP contribution in [0.3, 0.4) is 0 Å². The summed E-state index contributed by atoms with van der Waals surface area (Å²) in [6.45, 7) is 0.532. The Hall–Kier alpha value is -2.56. The molecule has 0 saturated heterocycles. The number of rotatable bonds is 5. The number of nitrogens with two attached hydrogens (primary N) is 1. The molecule has 0 atom stereocenters. The molecular weight excluding hydrogens is 254 g/mol. The molecule has 1 aromatic carbocycles. The van der Waals surface area contributed by atoms with Crippen LogP contribution in [0.2, 0.25) is 0 Å². The van der Waals surface area contributed by atoms with Gasteiger partial charge in [0.2, 0.25) is 11.5 Å². The topological polar surface area (TPSA) is 77.1 Å². The fourth-order valence-electron chi connectivity index (χ4n) is 1.90. The monoisotopic (exact) mass is 271 g/mol. The van der Waals surface area contributed by atoms with E-state index in [-0.39, 0.29) is 11.5 Å². The largest absolute Gasteiger partial charge is 0.399 e. The predicted molar refractivity (Wildman–Crippen MR) is 79.4 cm³/mol. The molecule has 2 rings (SSSR count). The lowest BCUT2D eigenvalue weighted by molar-refractivity contribution is -0.116. The number of carbonyl (C=O) groups excluding carboxylic acids is 1. The van der Waals surface area contributed by atoms with Crippen LogP contribution >= 0.6 is 0 Å². The first-order chi connectivity index (χ1) is 9.65. The Balaban J connectivity index is 1.81.